The van der Waals surface area contributed by atoms with Gasteiger partial charge in [0.25, 0.3) is 0 Å². The average molecular weight is 218 g/mol. The molecule has 15 heavy (non-hydrogen) atoms. The van der Waals surface area contributed by atoms with Crippen molar-refractivity contribution in [1.82, 2.24) is 0 Å². The second-order valence-electron chi connectivity index (χ2n) is 4.66. The van der Waals surface area contributed by atoms with Gasteiger partial charge in [-0.3, -0.25) is 0 Å². The molecule has 0 aromatic heterocycles. The van der Waals surface area contributed by atoms with Gasteiger partial charge in [-0.05, 0) is 34.1 Å². The Hall–Kier alpha value is -0.120. The molecule has 0 aliphatic carbocycles. The van der Waals surface area contributed by atoms with Gasteiger partial charge in [-0.25, -0.2) is 0 Å². The van der Waals surface area contributed by atoms with E-state index < -0.39 is 0 Å². The van der Waals surface area contributed by atoms with Crippen LogP contribution in [0.1, 0.15) is 41.0 Å². The van der Waals surface area contributed by atoms with Crippen molar-refractivity contribution in [1.29, 1.82) is 0 Å². The Kier molecular flexibility index (Phi) is 8.02. The Bertz CT molecular complexity index is 140. The summed E-state index contributed by atoms with van der Waals surface area (Å²) in [5, 5.41) is 0. The topological polar surface area (TPSA) is 27.7 Å². The zero-order chi connectivity index (χ0) is 11.7. The molecule has 0 saturated carbocycles. The Morgan fingerprint density at radius 2 is 1.60 bits per heavy atom. The molecule has 1 atom stereocenters. The zero-order valence-electron chi connectivity index (χ0n) is 10.8. The van der Waals surface area contributed by atoms with Gasteiger partial charge in [0.15, 0.2) is 0 Å². The Labute approximate surface area is 94.1 Å². The minimum absolute atomic E-state index is 0.0728. The van der Waals surface area contributed by atoms with Crippen LogP contribution in [0.4, 0.5) is 0 Å². The predicted molar refractivity (Wildman–Crippen MR) is 62.2 cm³/mol. The molecule has 0 bridgehead atoms. The van der Waals surface area contributed by atoms with Gasteiger partial charge in [-0.1, -0.05) is 6.92 Å². The molecule has 0 amide bonds. The van der Waals surface area contributed by atoms with E-state index in [1.54, 1.807) is 0 Å². The highest BCUT2D eigenvalue weighted by Crippen LogP contribution is 2.05. The molecule has 0 aromatic rings. The fourth-order valence-electron chi connectivity index (χ4n) is 0.935. The molecule has 3 heteroatoms. The molecule has 0 aliphatic rings. The molecule has 0 saturated heterocycles. The molecule has 0 radical (unpaired) electrons. The summed E-state index contributed by atoms with van der Waals surface area (Å²) in [4.78, 5) is 0. The second kappa shape index (κ2) is 8.08. The summed E-state index contributed by atoms with van der Waals surface area (Å²) >= 11 is 0. The minimum atomic E-state index is -0.0728. The second-order valence-corrected chi connectivity index (χ2v) is 4.66. The van der Waals surface area contributed by atoms with E-state index >= 15 is 0 Å². The summed E-state index contributed by atoms with van der Waals surface area (Å²) in [6.07, 6.45) is 1.38. The van der Waals surface area contributed by atoms with Crippen molar-refractivity contribution < 1.29 is 14.2 Å². The molecular formula is C12H26O3. The standard InChI is InChI=1S/C12H26O3/c1-6-11(2)14-9-7-13-8-10-15-12(3,4)5/h11H,6-10H2,1-5H3. The van der Waals surface area contributed by atoms with Crippen LogP contribution >= 0.6 is 0 Å². The number of hydrogen-bond donors (Lipinski definition) is 0. The Morgan fingerprint density at radius 1 is 1.00 bits per heavy atom. The van der Waals surface area contributed by atoms with Crippen molar-refractivity contribution in [2.75, 3.05) is 26.4 Å². The van der Waals surface area contributed by atoms with Crippen molar-refractivity contribution in [3.05, 3.63) is 0 Å². The maximum Gasteiger partial charge on any atom is 0.0707 e. The van der Waals surface area contributed by atoms with E-state index in [2.05, 4.69) is 13.8 Å². The monoisotopic (exact) mass is 218 g/mol. The first kappa shape index (κ1) is 14.9. The quantitative estimate of drug-likeness (QED) is 0.586. The van der Waals surface area contributed by atoms with Crippen LogP contribution < -0.4 is 0 Å². The molecule has 0 aliphatic heterocycles. The highest BCUT2D eigenvalue weighted by Gasteiger charge is 2.08. The maximum atomic E-state index is 5.51. The molecule has 3 nitrogen and oxygen atoms in total. The van der Waals surface area contributed by atoms with Crippen LogP contribution in [0.25, 0.3) is 0 Å². The Balaban J connectivity index is 3.12. The van der Waals surface area contributed by atoms with E-state index in [-0.39, 0.29) is 5.60 Å². The van der Waals surface area contributed by atoms with Gasteiger partial charge in [0.05, 0.1) is 38.1 Å². The van der Waals surface area contributed by atoms with Crippen LogP contribution in [0.15, 0.2) is 0 Å². The summed E-state index contributed by atoms with van der Waals surface area (Å²) in [6, 6.07) is 0. The SMILES string of the molecule is CCC(C)OCCOCCOC(C)(C)C. The lowest BCUT2D eigenvalue weighted by Crippen LogP contribution is -2.22. The molecule has 0 heterocycles. The molecule has 92 valence electrons. The summed E-state index contributed by atoms with van der Waals surface area (Å²) in [6.45, 7) is 12.9. The molecule has 0 fully saturated rings. The first-order valence-electron chi connectivity index (χ1n) is 5.79. The van der Waals surface area contributed by atoms with Crippen LogP contribution in [0.5, 0.6) is 0 Å². The van der Waals surface area contributed by atoms with Gasteiger partial charge in [-0.15, -0.1) is 0 Å². The fourth-order valence-corrected chi connectivity index (χ4v) is 0.935. The normalized spacial score (nSPS) is 14.2. The third kappa shape index (κ3) is 11.8. The average Bonchev–Trinajstić information content (AvgIpc) is 2.14. The van der Waals surface area contributed by atoms with Gasteiger partial charge in [0.2, 0.25) is 0 Å². The summed E-state index contributed by atoms with van der Waals surface area (Å²) < 4.78 is 16.4. The van der Waals surface area contributed by atoms with E-state index in [1.165, 1.54) is 0 Å². The molecular weight excluding hydrogens is 192 g/mol. The molecule has 0 N–H and O–H groups in total. The third-order valence-corrected chi connectivity index (χ3v) is 1.97. The van der Waals surface area contributed by atoms with Crippen molar-refractivity contribution in [2.24, 2.45) is 0 Å². The van der Waals surface area contributed by atoms with Gasteiger partial charge in [-0.2, -0.15) is 0 Å². The highest BCUT2D eigenvalue weighted by molar-refractivity contribution is 4.57. The molecule has 0 spiro atoms. The summed E-state index contributed by atoms with van der Waals surface area (Å²) in [5.74, 6) is 0. The first-order chi connectivity index (χ1) is 6.95. The minimum Gasteiger partial charge on any atom is -0.377 e. The van der Waals surface area contributed by atoms with Crippen LogP contribution in [0.2, 0.25) is 0 Å². The summed E-state index contributed by atoms with van der Waals surface area (Å²) in [5.41, 5.74) is -0.0728. The molecule has 0 aromatic carbocycles. The largest absolute Gasteiger partial charge is 0.377 e. The highest BCUT2D eigenvalue weighted by atomic mass is 16.6. The van der Waals surface area contributed by atoms with E-state index in [9.17, 15) is 0 Å². The fraction of sp³-hybridized carbons (Fsp3) is 1.00. The van der Waals surface area contributed by atoms with E-state index in [4.69, 9.17) is 14.2 Å². The lowest BCUT2D eigenvalue weighted by molar-refractivity contribution is -0.0475. The van der Waals surface area contributed by atoms with Gasteiger partial charge >= 0.3 is 0 Å². The predicted octanol–water partition coefficient (Wildman–Crippen LogP) is 2.63. The lowest BCUT2D eigenvalue weighted by Gasteiger charge is -2.19. The Morgan fingerprint density at radius 3 is 2.13 bits per heavy atom. The zero-order valence-corrected chi connectivity index (χ0v) is 10.8. The van der Waals surface area contributed by atoms with E-state index in [0.29, 0.717) is 32.5 Å². The van der Waals surface area contributed by atoms with Crippen molar-refractivity contribution in [2.45, 2.75) is 52.7 Å². The lowest BCUT2D eigenvalue weighted by atomic mass is 10.2. The first-order valence-corrected chi connectivity index (χ1v) is 5.79. The van der Waals surface area contributed by atoms with E-state index in [1.807, 2.05) is 20.8 Å². The summed E-state index contributed by atoms with van der Waals surface area (Å²) in [7, 11) is 0. The molecule has 0 rings (SSSR count). The third-order valence-electron chi connectivity index (χ3n) is 1.97. The van der Waals surface area contributed by atoms with Gasteiger partial charge in [0, 0.05) is 0 Å². The number of ether oxygens (including phenoxy) is 3. The van der Waals surface area contributed by atoms with Crippen molar-refractivity contribution >= 4 is 0 Å². The van der Waals surface area contributed by atoms with Crippen molar-refractivity contribution in [3.8, 4) is 0 Å². The van der Waals surface area contributed by atoms with Crippen LogP contribution in [-0.2, 0) is 14.2 Å². The van der Waals surface area contributed by atoms with E-state index in [0.717, 1.165) is 6.42 Å². The van der Waals surface area contributed by atoms with Gasteiger partial charge < -0.3 is 14.2 Å². The van der Waals surface area contributed by atoms with Crippen LogP contribution in [0, 0.1) is 0 Å². The maximum absolute atomic E-state index is 5.51. The number of hydrogen-bond acceptors (Lipinski definition) is 3. The molecule has 1 unspecified atom stereocenters. The smallest absolute Gasteiger partial charge is 0.0707 e. The van der Waals surface area contributed by atoms with Crippen molar-refractivity contribution in [3.63, 3.8) is 0 Å². The van der Waals surface area contributed by atoms with Crippen LogP contribution in [-0.4, -0.2) is 38.1 Å². The van der Waals surface area contributed by atoms with Gasteiger partial charge in [0.1, 0.15) is 0 Å². The van der Waals surface area contributed by atoms with Crippen LogP contribution in [0.3, 0.4) is 0 Å². The number of rotatable bonds is 8.